The molecule has 0 spiro atoms. The van der Waals surface area contributed by atoms with Crippen LogP contribution in [0.5, 0.6) is 0 Å². The van der Waals surface area contributed by atoms with Crippen molar-refractivity contribution < 1.29 is 67.3 Å². The van der Waals surface area contributed by atoms with Gasteiger partial charge in [0.25, 0.3) is 0 Å². The summed E-state index contributed by atoms with van der Waals surface area (Å²) in [6.07, 6.45) is 0.868. The number of likely N-dealkylation sites (N-methyl/N-ethyl adjacent to an activating group) is 1. The molecule has 2 bridgehead atoms. The van der Waals surface area contributed by atoms with Gasteiger partial charge in [0.15, 0.2) is 18.7 Å². The maximum atomic E-state index is 14.9. The highest BCUT2D eigenvalue weighted by molar-refractivity contribution is 5.89. The summed E-state index contributed by atoms with van der Waals surface area (Å²) in [6, 6.07) is -0.376. The van der Waals surface area contributed by atoms with Crippen molar-refractivity contribution in [1.82, 2.24) is 4.90 Å². The number of hydrogen-bond donors (Lipinski definition) is 2. The Morgan fingerprint density at radius 1 is 1.02 bits per heavy atom. The van der Waals surface area contributed by atoms with Gasteiger partial charge in [-0.05, 0) is 93.0 Å². The minimum Gasteiger partial charge on any atom is -0.459 e. The van der Waals surface area contributed by atoms with Crippen molar-refractivity contribution in [2.45, 2.75) is 213 Å². The summed E-state index contributed by atoms with van der Waals surface area (Å²) < 4.78 is 52.4. The largest absolute Gasteiger partial charge is 0.459 e. The second-order valence-electron chi connectivity index (χ2n) is 20.3. The van der Waals surface area contributed by atoms with Gasteiger partial charge in [0.1, 0.15) is 23.4 Å². The molecule has 0 amide bonds. The number of terminal acetylenes is 1. The second-order valence-corrected chi connectivity index (χ2v) is 20.3. The van der Waals surface area contributed by atoms with Crippen molar-refractivity contribution in [3.63, 3.8) is 0 Å². The summed E-state index contributed by atoms with van der Waals surface area (Å²) in [6.45, 7) is 26.2. The molecule has 4 aliphatic heterocycles. The van der Waals surface area contributed by atoms with Crippen LogP contribution in [0.25, 0.3) is 0 Å². The lowest BCUT2D eigenvalue weighted by Gasteiger charge is -2.51. The van der Waals surface area contributed by atoms with Gasteiger partial charge in [0.05, 0.1) is 48.3 Å². The van der Waals surface area contributed by atoms with E-state index in [9.17, 15) is 24.6 Å². The van der Waals surface area contributed by atoms with E-state index in [-0.39, 0.29) is 38.0 Å². The normalized spacial score (nSPS) is 42.8. The number of esters is 2. The molecule has 0 radical (unpaired) electrons. The Kier molecular flexibility index (Phi) is 19.8. The zero-order valence-electron chi connectivity index (χ0n) is 42.2. The summed E-state index contributed by atoms with van der Waals surface area (Å²) in [7, 11) is 3.44. The Hall–Kier alpha value is -2.98. The highest BCUT2D eigenvalue weighted by Crippen LogP contribution is 2.45. The van der Waals surface area contributed by atoms with E-state index in [1.54, 1.807) is 20.8 Å². The highest BCUT2D eigenvalue weighted by atomic mass is 16.7. The van der Waals surface area contributed by atoms with Gasteiger partial charge in [-0.2, -0.15) is 0 Å². The van der Waals surface area contributed by atoms with Crippen LogP contribution >= 0.6 is 0 Å². The molecular formula is C50H82N2O14. The van der Waals surface area contributed by atoms with Gasteiger partial charge >= 0.3 is 17.9 Å². The molecule has 4 fully saturated rings. The van der Waals surface area contributed by atoms with Crippen LogP contribution in [0, 0.1) is 41.9 Å². The van der Waals surface area contributed by atoms with E-state index in [1.165, 1.54) is 21.0 Å². The van der Waals surface area contributed by atoms with Crippen LogP contribution in [0.15, 0.2) is 17.3 Å². The number of cyclic esters (lactones) is 1. The molecular weight excluding hydrogens is 853 g/mol. The van der Waals surface area contributed by atoms with Crippen LogP contribution < -0.4 is 0 Å². The van der Waals surface area contributed by atoms with E-state index >= 15 is 0 Å². The average Bonchev–Trinajstić information content (AvgIpc) is 3.24. The van der Waals surface area contributed by atoms with Crippen LogP contribution in [0.2, 0.25) is 0 Å². The lowest BCUT2D eigenvalue weighted by atomic mass is 9.68. The third kappa shape index (κ3) is 13.2. The van der Waals surface area contributed by atoms with Crippen molar-refractivity contribution in [2.24, 2.45) is 34.7 Å². The topological polar surface area (TPSA) is 190 Å². The molecule has 0 aromatic rings. The van der Waals surface area contributed by atoms with Gasteiger partial charge in [0, 0.05) is 64.1 Å². The molecule has 4 rings (SSSR count). The van der Waals surface area contributed by atoms with Gasteiger partial charge in [-0.1, -0.05) is 45.0 Å². The molecule has 0 aromatic carbocycles. The average molecular weight is 935 g/mol. The van der Waals surface area contributed by atoms with Crippen molar-refractivity contribution in [3.05, 3.63) is 12.2 Å². The summed E-state index contributed by atoms with van der Waals surface area (Å²) in [5, 5.41) is 29.4. The Morgan fingerprint density at radius 2 is 1.70 bits per heavy atom. The second kappa shape index (κ2) is 23.6. The van der Waals surface area contributed by atoms with Crippen molar-refractivity contribution in [3.8, 4) is 12.3 Å². The van der Waals surface area contributed by atoms with Crippen LogP contribution in [0.4, 0.5) is 0 Å². The quantitative estimate of drug-likeness (QED) is 0.0792. The van der Waals surface area contributed by atoms with E-state index in [0.717, 1.165) is 5.57 Å². The number of methoxy groups -OCH3 is 1. The monoisotopic (exact) mass is 935 g/mol. The first-order valence-corrected chi connectivity index (χ1v) is 24.0. The lowest BCUT2D eigenvalue weighted by molar-refractivity contribution is -0.321. The third-order valence-corrected chi connectivity index (χ3v) is 14.8. The minimum absolute atomic E-state index is 0.113. The fourth-order valence-electron chi connectivity index (χ4n) is 11.1. The van der Waals surface area contributed by atoms with Crippen LogP contribution in [-0.4, -0.2) is 144 Å². The van der Waals surface area contributed by atoms with Gasteiger partial charge in [-0.3, -0.25) is 14.5 Å². The molecule has 18 atom stereocenters. The molecule has 4 saturated heterocycles. The maximum absolute atomic E-state index is 14.9. The number of carbonyl (C=O) groups is 3. The van der Waals surface area contributed by atoms with Gasteiger partial charge < -0.3 is 52.9 Å². The Bertz CT molecular complexity index is 1730. The summed E-state index contributed by atoms with van der Waals surface area (Å²) in [4.78, 5) is 46.9. The lowest BCUT2D eigenvalue weighted by Crippen LogP contribution is -2.62. The molecule has 66 heavy (non-hydrogen) atoms. The highest BCUT2D eigenvalue weighted by Gasteiger charge is 2.55. The summed E-state index contributed by atoms with van der Waals surface area (Å²) in [5.74, 6) is -2.26. The fourth-order valence-corrected chi connectivity index (χ4v) is 11.1. The standard InChI is InChI=1S/C50H82N2O14/c1-17-19-23-52(15)38-24-30(5)60-47(42(38)55)65-44-32(7)43(64-40-26-48(12,58-16)45(34(9)61-40)62-35(10)53)33(8)46(56)63-39(18-2)50(14,57)37-22-20-21-28(3)27-59-49(44,13)25-29(4)41(31(37)6)51-66-36(11)54/h1,29-34,37-40,42-45,47,55,57H,3,18-27H2,2,4-16H3/b51-41+/t29-,30-,31-,32+,33-,34+,37?,38+,39-,40+,42-,43-,44-,45+,47+,48-,49-,50+/m1/s1. The zero-order chi connectivity index (χ0) is 49.5. The maximum Gasteiger partial charge on any atom is 0.331 e. The number of ether oxygens (including phenoxy) is 8. The predicted octanol–water partition coefficient (Wildman–Crippen LogP) is 6.12. The van der Waals surface area contributed by atoms with Crippen LogP contribution in [0.3, 0.4) is 0 Å². The molecule has 4 aliphatic rings. The van der Waals surface area contributed by atoms with Crippen molar-refractivity contribution in [1.29, 1.82) is 0 Å². The van der Waals surface area contributed by atoms with Gasteiger partial charge in [0.2, 0.25) is 0 Å². The molecule has 0 saturated carbocycles. The minimum atomic E-state index is -1.58. The number of aliphatic hydroxyl groups is 2. The number of fused-ring (bicyclic) bond motifs is 5. The van der Waals surface area contributed by atoms with Crippen LogP contribution in [0.1, 0.15) is 134 Å². The van der Waals surface area contributed by atoms with E-state index in [0.29, 0.717) is 44.4 Å². The number of oxime groups is 1. The fraction of sp³-hybridized carbons (Fsp3) is 0.840. The smallest absolute Gasteiger partial charge is 0.331 e. The predicted molar refractivity (Wildman–Crippen MR) is 247 cm³/mol. The van der Waals surface area contributed by atoms with Crippen molar-refractivity contribution in [2.75, 3.05) is 27.3 Å². The molecule has 2 N–H and O–H groups in total. The first kappa shape index (κ1) is 55.6. The van der Waals surface area contributed by atoms with E-state index in [4.69, 9.17) is 49.2 Å². The number of carbonyl (C=O) groups excluding carboxylic acids is 3. The van der Waals surface area contributed by atoms with Crippen molar-refractivity contribution >= 4 is 23.6 Å². The molecule has 4 heterocycles. The zero-order valence-corrected chi connectivity index (χ0v) is 42.2. The Morgan fingerprint density at radius 3 is 2.30 bits per heavy atom. The van der Waals surface area contributed by atoms with Gasteiger partial charge in [-0.15, -0.1) is 12.3 Å². The SMILES string of the molecule is C#CCCN(C)[C@H]1C[C@@H](C)O[C@@H](O[C@@H]2[C@@H](C)[C@@H](O[C@H]3C[C@@](C)(OC)[C@@H](OC(C)=O)[C@H](C)O3)[C@@H](C)C(=O)O[C@H](CC)[C@@](C)(O)C3CCCC(=C)CO[C@]2(C)C[C@@H](C)/C(=N\OC(C)=O)[C@@H]3C)[C@@H]1O. The molecule has 0 aliphatic carbocycles. The molecule has 376 valence electrons. The molecule has 0 aromatic heterocycles. The summed E-state index contributed by atoms with van der Waals surface area (Å²) in [5.41, 5.74) is -2.57. The number of rotatable bonds is 11. The Labute approximate surface area is 394 Å². The molecule has 1 unspecified atom stereocenters. The van der Waals surface area contributed by atoms with Crippen LogP contribution in [-0.2, 0) is 57.1 Å². The first-order valence-electron chi connectivity index (χ1n) is 24.0. The number of hydrogen-bond acceptors (Lipinski definition) is 16. The molecule has 16 nitrogen and oxygen atoms in total. The first-order chi connectivity index (χ1) is 30.8. The summed E-state index contributed by atoms with van der Waals surface area (Å²) >= 11 is 0. The van der Waals surface area contributed by atoms with Gasteiger partial charge in [-0.25, -0.2) is 4.79 Å². The number of nitrogens with zero attached hydrogens (tertiary/aromatic N) is 2. The van der Waals surface area contributed by atoms with E-state index in [2.05, 4.69) is 17.7 Å². The van der Waals surface area contributed by atoms with E-state index < -0.39 is 114 Å². The number of aliphatic hydroxyl groups excluding tert-OH is 1. The van der Waals surface area contributed by atoms with E-state index in [1.807, 2.05) is 60.4 Å². The third-order valence-electron chi connectivity index (χ3n) is 14.8. The molecule has 16 heteroatoms. The Balaban J connectivity index is 2.00.